The Balaban J connectivity index is 2.55. The monoisotopic (exact) mass is 230 g/mol. The summed E-state index contributed by atoms with van der Waals surface area (Å²) in [4.78, 5) is 22.3. The quantitative estimate of drug-likeness (QED) is 0.693. The summed E-state index contributed by atoms with van der Waals surface area (Å²) in [5.74, 6) is -1.68. The van der Waals surface area contributed by atoms with E-state index < -0.39 is 17.4 Å². The van der Waals surface area contributed by atoms with Crippen molar-refractivity contribution in [2.24, 2.45) is 0 Å². The number of para-hydroxylation sites is 1. The molecule has 0 unspecified atom stereocenters. The molecular weight excluding hydrogens is 224 g/mol. The van der Waals surface area contributed by atoms with Crippen LogP contribution in [0.2, 0.25) is 0 Å². The Bertz CT molecular complexity index is 793. The standard InChI is InChI=1S/C12H6O5/c13-11(14)9-5-7-6-3-1-2-4-8(6)16-10(7)12(15)17-9/h1-5H,(H,13,14). The van der Waals surface area contributed by atoms with Gasteiger partial charge in [0.25, 0.3) is 0 Å². The van der Waals surface area contributed by atoms with Crippen molar-refractivity contribution < 1.29 is 18.7 Å². The summed E-state index contributed by atoms with van der Waals surface area (Å²) in [7, 11) is 0. The lowest BCUT2D eigenvalue weighted by molar-refractivity contribution is 0.0657. The molecule has 2 heterocycles. The molecule has 1 N–H and O–H groups in total. The van der Waals surface area contributed by atoms with Gasteiger partial charge in [0.15, 0.2) is 0 Å². The smallest absolute Gasteiger partial charge is 0.380 e. The van der Waals surface area contributed by atoms with E-state index in [0.29, 0.717) is 16.4 Å². The highest BCUT2D eigenvalue weighted by molar-refractivity contribution is 6.05. The average molecular weight is 230 g/mol. The van der Waals surface area contributed by atoms with Gasteiger partial charge in [0.2, 0.25) is 11.3 Å². The third kappa shape index (κ3) is 1.32. The maximum Gasteiger partial charge on any atom is 0.380 e. The number of hydrogen-bond acceptors (Lipinski definition) is 4. The zero-order chi connectivity index (χ0) is 12.0. The molecule has 1 aromatic carbocycles. The van der Waals surface area contributed by atoms with Crippen LogP contribution < -0.4 is 5.63 Å². The van der Waals surface area contributed by atoms with Crippen LogP contribution in [0.25, 0.3) is 21.9 Å². The number of hydrogen-bond donors (Lipinski definition) is 1. The molecule has 5 nitrogen and oxygen atoms in total. The van der Waals surface area contributed by atoms with Crippen LogP contribution in [0.5, 0.6) is 0 Å². The first kappa shape index (κ1) is 9.65. The molecule has 0 aliphatic rings. The summed E-state index contributed by atoms with van der Waals surface area (Å²) >= 11 is 0. The fourth-order valence-electron chi connectivity index (χ4n) is 1.77. The summed E-state index contributed by atoms with van der Waals surface area (Å²) in [6.45, 7) is 0. The van der Waals surface area contributed by atoms with E-state index in [9.17, 15) is 9.59 Å². The molecule has 0 aliphatic carbocycles. The van der Waals surface area contributed by atoms with Crippen molar-refractivity contribution in [3.05, 3.63) is 46.5 Å². The largest absolute Gasteiger partial charge is 0.475 e. The lowest BCUT2D eigenvalue weighted by Crippen LogP contribution is -2.04. The maximum absolute atomic E-state index is 11.5. The second-order valence-corrected chi connectivity index (χ2v) is 3.54. The van der Waals surface area contributed by atoms with Gasteiger partial charge in [-0.05, 0) is 6.07 Å². The van der Waals surface area contributed by atoms with Gasteiger partial charge in [-0.3, -0.25) is 0 Å². The summed E-state index contributed by atoms with van der Waals surface area (Å²) in [6.07, 6.45) is 0. The fraction of sp³-hybridized carbons (Fsp3) is 0. The highest BCUT2D eigenvalue weighted by atomic mass is 16.4. The van der Waals surface area contributed by atoms with Gasteiger partial charge < -0.3 is 13.9 Å². The number of rotatable bonds is 1. The Labute approximate surface area is 93.9 Å². The van der Waals surface area contributed by atoms with Crippen LogP contribution in [0.1, 0.15) is 10.6 Å². The molecule has 0 atom stereocenters. The van der Waals surface area contributed by atoms with Crippen LogP contribution in [0.3, 0.4) is 0 Å². The predicted molar refractivity (Wildman–Crippen MR) is 59.2 cm³/mol. The van der Waals surface area contributed by atoms with Crippen molar-refractivity contribution >= 4 is 27.9 Å². The maximum atomic E-state index is 11.5. The van der Waals surface area contributed by atoms with E-state index in [2.05, 4.69) is 4.42 Å². The molecule has 0 saturated carbocycles. The topological polar surface area (TPSA) is 80.6 Å². The summed E-state index contributed by atoms with van der Waals surface area (Å²) in [5, 5.41) is 9.96. The van der Waals surface area contributed by atoms with Crippen LogP contribution in [0.4, 0.5) is 0 Å². The van der Waals surface area contributed by atoms with Crippen molar-refractivity contribution in [3.8, 4) is 0 Å². The normalized spacial score (nSPS) is 11.1. The minimum atomic E-state index is -1.28. The zero-order valence-corrected chi connectivity index (χ0v) is 8.47. The molecule has 84 valence electrons. The molecule has 0 aliphatic heterocycles. The molecule has 2 aromatic heterocycles. The molecule has 17 heavy (non-hydrogen) atoms. The van der Waals surface area contributed by atoms with Gasteiger partial charge in [-0.1, -0.05) is 18.2 Å². The zero-order valence-electron chi connectivity index (χ0n) is 8.47. The van der Waals surface area contributed by atoms with Crippen molar-refractivity contribution in [1.29, 1.82) is 0 Å². The predicted octanol–water partition coefficient (Wildman–Crippen LogP) is 2.24. The third-order valence-corrected chi connectivity index (χ3v) is 2.51. The van der Waals surface area contributed by atoms with E-state index in [1.165, 1.54) is 6.07 Å². The highest BCUT2D eigenvalue weighted by Crippen LogP contribution is 2.26. The number of benzene rings is 1. The number of aromatic carboxylic acids is 1. The van der Waals surface area contributed by atoms with E-state index in [1.54, 1.807) is 24.3 Å². The molecule has 0 amide bonds. The van der Waals surface area contributed by atoms with E-state index >= 15 is 0 Å². The number of furan rings is 1. The van der Waals surface area contributed by atoms with Gasteiger partial charge in [0, 0.05) is 16.8 Å². The van der Waals surface area contributed by atoms with Gasteiger partial charge in [-0.15, -0.1) is 0 Å². The van der Waals surface area contributed by atoms with Crippen molar-refractivity contribution in [1.82, 2.24) is 0 Å². The Kier molecular flexibility index (Phi) is 1.82. The Hall–Kier alpha value is -2.56. The van der Waals surface area contributed by atoms with Gasteiger partial charge in [0.1, 0.15) is 5.58 Å². The highest BCUT2D eigenvalue weighted by Gasteiger charge is 2.15. The van der Waals surface area contributed by atoms with Crippen LogP contribution >= 0.6 is 0 Å². The molecule has 0 spiro atoms. The van der Waals surface area contributed by atoms with E-state index in [4.69, 9.17) is 9.52 Å². The first-order valence-corrected chi connectivity index (χ1v) is 4.85. The second kappa shape index (κ2) is 3.21. The minimum absolute atomic E-state index is 0.0381. The van der Waals surface area contributed by atoms with Gasteiger partial charge >= 0.3 is 11.6 Å². The number of carbonyl (C=O) groups is 1. The number of carboxylic acid groups (broad SMARTS) is 1. The van der Waals surface area contributed by atoms with Crippen LogP contribution in [-0.4, -0.2) is 11.1 Å². The van der Waals surface area contributed by atoms with E-state index in [-0.39, 0.29) is 5.58 Å². The molecule has 3 rings (SSSR count). The minimum Gasteiger partial charge on any atom is -0.475 e. The molecule has 0 fully saturated rings. The molecule has 3 aromatic rings. The number of fused-ring (bicyclic) bond motifs is 3. The molecule has 5 heteroatoms. The third-order valence-electron chi connectivity index (χ3n) is 2.51. The van der Waals surface area contributed by atoms with E-state index in [1.807, 2.05) is 0 Å². The average Bonchev–Trinajstić information content (AvgIpc) is 2.68. The van der Waals surface area contributed by atoms with Crippen molar-refractivity contribution in [2.45, 2.75) is 0 Å². The van der Waals surface area contributed by atoms with Gasteiger partial charge in [-0.25, -0.2) is 9.59 Å². The van der Waals surface area contributed by atoms with Crippen LogP contribution in [-0.2, 0) is 0 Å². The fourth-order valence-corrected chi connectivity index (χ4v) is 1.77. The summed E-state index contributed by atoms with van der Waals surface area (Å²) in [5.41, 5.74) is -0.218. The van der Waals surface area contributed by atoms with Crippen molar-refractivity contribution in [2.75, 3.05) is 0 Å². The van der Waals surface area contributed by atoms with Crippen molar-refractivity contribution in [3.63, 3.8) is 0 Å². The lowest BCUT2D eigenvalue weighted by Gasteiger charge is -1.92. The second-order valence-electron chi connectivity index (χ2n) is 3.54. The number of carboxylic acids is 1. The first-order valence-electron chi connectivity index (χ1n) is 4.85. The Morgan fingerprint density at radius 1 is 1.12 bits per heavy atom. The molecule has 0 saturated heterocycles. The lowest BCUT2D eigenvalue weighted by atomic mass is 10.2. The van der Waals surface area contributed by atoms with Crippen LogP contribution in [0, 0.1) is 0 Å². The van der Waals surface area contributed by atoms with Crippen LogP contribution in [0.15, 0.2) is 44.0 Å². The molecular formula is C12H6O5. The first-order chi connectivity index (χ1) is 8.16. The summed E-state index contributed by atoms with van der Waals surface area (Å²) < 4.78 is 9.95. The SMILES string of the molecule is O=C(O)c1cc2c(oc3ccccc32)c(=O)o1. The summed E-state index contributed by atoms with van der Waals surface area (Å²) in [6, 6.07) is 8.31. The van der Waals surface area contributed by atoms with Gasteiger partial charge in [0.05, 0.1) is 0 Å². The Morgan fingerprint density at radius 2 is 1.88 bits per heavy atom. The molecule has 0 radical (unpaired) electrons. The molecule has 0 bridgehead atoms. The van der Waals surface area contributed by atoms with Gasteiger partial charge in [-0.2, -0.15) is 0 Å². The Morgan fingerprint density at radius 3 is 2.65 bits per heavy atom. The van der Waals surface area contributed by atoms with E-state index in [0.717, 1.165) is 0 Å².